The lowest BCUT2D eigenvalue weighted by Crippen LogP contribution is -2.36. The maximum Gasteiger partial charge on any atom is 0.270 e. The quantitative estimate of drug-likeness (QED) is 0.789. The Labute approximate surface area is 162 Å². The van der Waals surface area contributed by atoms with E-state index in [1.54, 1.807) is 23.1 Å². The standard InChI is InChI=1S/C20H18Cl2N2O2/c21-15-8-9-16(17(22)13-15)19(25)23-18(12-14-6-2-1-3-7-14)20(26)24-10-4-5-11-24/h1-3,6-9,12-13H,4-5,10-11H2,(H,23,25). The normalized spacial score (nSPS) is 14.4. The summed E-state index contributed by atoms with van der Waals surface area (Å²) < 4.78 is 0. The van der Waals surface area contributed by atoms with Crippen molar-refractivity contribution in [2.24, 2.45) is 0 Å². The summed E-state index contributed by atoms with van der Waals surface area (Å²) in [4.78, 5) is 27.2. The van der Waals surface area contributed by atoms with Crippen molar-refractivity contribution in [2.45, 2.75) is 12.8 Å². The van der Waals surface area contributed by atoms with Gasteiger partial charge in [-0.3, -0.25) is 9.59 Å². The van der Waals surface area contributed by atoms with Crippen molar-refractivity contribution in [3.63, 3.8) is 0 Å². The van der Waals surface area contributed by atoms with Crippen molar-refractivity contribution in [2.75, 3.05) is 13.1 Å². The van der Waals surface area contributed by atoms with Crippen LogP contribution in [0.3, 0.4) is 0 Å². The van der Waals surface area contributed by atoms with Crippen molar-refractivity contribution in [1.82, 2.24) is 10.2 Å². The fourth-order valence-electron chi connectivity index (χ4n) is 2.82. The van der Waals surface area contributed by atoms with E-state index in [4.69, 9.17) is 23.2 Å². The summed E-state index contributed by atoms with van der Waals surface area (Å²) in [5.41, 5.74) is 1.33. The van der Waals surface area contributed by atoms with Crippen LogP contribution >= 0.6 is 23.2 Å². The molecule has 1 aliphatic heterocycles. The number of nitrogens with zero attached hydrogens (tertiary/aromatic N) is 1. The van der Waals surface area contributed by atoms with Crippen molar-refractivity contribution in [3.8, 4) is 0 Å². The highest BCUT2D eigenvalue weighted by molar-refractivity contribution is 6.36. The number of halogens is 2. The van der Waals surface area contributed by atoms with Gasteiger partial charge in [0.1, 0.15) is 5.70 Å². The molecule has 6 heteroatoms. The molecule has 4 nitrogen and oxygen atoms in total. The summed E-state index contributed by atoms with van der Waals surface area (Å²) in [5, 5.41) is 3.40. The van der Waals surface area contributed by atoms with Crippen LogP contribution in [0.4, 0.5) is 0 Å². The first kappa shape index (κ1) is 18.5. The molecule has 0 atom stereocenters. The largest absolute Gasteiger partial charge is 0.337 e. The number of benzene rings is 2. The van der Waals surface area contributed by atoms with Gasteiger partial charge in [-0.05, 0) is 42.7 Å². The number of hydrogen-bond acceptors (Lipinski definition) is 2. The first-order valence-corrected chi connectivity index (χ1v) is 9.12. The highest BCUT2D eigenvalue weighted by Gasteiger charge is 2.24. The third-order valence-electron chi connectivity index (χ3n) is 4.16. The molecule has 3 rings (SSSR count). The minimum atomic E-state index is -0.443. The van der Waals surface area contributed by atoms with Gasteiger partial charge >= 0.3 is 0 Å². The van der Waals surface area contributed by atoms with Crippen LogP contribution in [0.15, 0.2) is 54.2 Å². The predicted molar refractivity (Wildman–Crippen MR) is 104 cm³/mol. The van der Waals surface area contributed by atoms with E-state index in [0.717, 1.165) is 18.4 Å². The molecule has 0 saturated carbocycles. The van der Waals surface area contributed by atoms with Gasteiger partial charge in [0.25, 0.3) is 11.8 Å². The molecule has 1 N–H and O–H groups in total. The van der Waals surface area contributed by atoms with Gasteiger partial charge in [-0.1, -0.05) is 53.5 Å². The molecule has 0 aliphatic carbocycles. The van der Waals surface area contributed by atoms with Gasteiger partial charge in [0, 0.05) is 18.1 Å². The Morgan fingerprint density at radius 2 is 1.69 bits per heavy atom. The molecule has 1 fully saturated rings. The number of amides is 2. The second-order valence-corrected chi connectivity index (χ2v) is 6.89. The van der Waals surface area contributed by atoms with Crippen molar-refractivity contribution < 1.29 is 9.59 Å². The van der Waals surface area contributed by atoms with Crippen LogP contribution in [0.1, 0.15) is 28.8 Å². The monoisotopic (exact) mass is 388 g/mol. The van der Waals surface area contributed by atoms with Crippen molar-refractivity contribution >= 4 is 41.1 Å². The fraction of sp³-hybridized carbons (Fsp3) is 0.200. The molecular weight excluding hydrogens is 371 g/mol. The zero-order valence-electron chi connectivity index (χ0n) is 14.0. The zero-order valence-corrected chi connectivity index (χ0v) is 15.6. The average Bonchev–Trinajstić information content (AvgIpc) is 3.16. The molecule has 1 saturated heterocycles. The van der Waals surface area contributed by atoms with Crippen molar-refractivity contribution in [1.29, 1.82) is 0 Å². The van der Waals surface area contributed by atoms with Crippen LogP contribution < -0.4 is 5.32 Å². The molecule has 1 heterocycles. The van der Waals surface area contributed by atoms with Gasteiger partial charge in [0.05, 0.1) is 10.6 Å². The number of likely N-dealkylation sites (tertiary alicyclic amines) is 1. The molecule has 0 radical (unpaired) electrons. The predicted octanol–water partition coefficient (Wildman–Crippen LogP) is 4.39. The molecule has 0 aromatic heterocycles. The second kappa shape index (κ2) is 8.39. The third kappa shape index (κ3) is 4.45. The Morgan fingerprint density at radius 3 is 2.35 bits per heavy atom. The summed E-state index contributed by atoms with van der Waals surface area (Å²) >= 11 is 12.0. The zero-order chi connectivity index (χ0) is 18.5. The Morgan fingerprint density at radius 1 is 1.00 bits per heavy atom. The van der Waals surface area contributed by atoms with E-state index in [2.05, 4.69) is 5.32 Å². The highest BCUT2D eigenvalue weighted by atomic mass is 35.5. The topological polar surface area (TPSA) is 49.4 Å². The molecule has 2 aromatic rings. The Hall–Kier alpha value is -2.30. The minimum Gasteiger partial charge on any atom is -0.337 e. The summed E-state index contributed by atoms with van der Waals surface area (Å²) in [6, 6.07) is 14.0. The van der Waals surface area contributed by atoms with Crippen LogP contribution in [0.25, 0.3) is 6.08 Å². The molecule has 2 amide bonds. The lowest BCUT2D eigenvalue weighted by molar-refractivity contribution is -0.126. The molecule has 0 bridgehead atoms. The Kier molecular flexibility index (Phi) is 5.96. The summed E-state index contributed by atoms with van der Waals surface area (Å²) in [6.07, 6.45) is 3.63. The molecule has 26 heavy (non-hydrogen) atoms. The van der Waals surface area contributed by atoms with E-state index in [-0.39, 0.29) is 22.2 Å². The SMILES string of the molecule is O=C(NC(=Cc1ccccc1)C(=O)N1CCCC1)c1ccc(Cl)cc1Cl. The lowest BCUT2D eigenvalue weighted by Gasteiger charge is -2.18. The number of carbonyl (C=O) groups excluding carboxylic acids is 2. The molecule has 1 aliphatic rings. The van der Waals surface area contributed by atoms with Crippen LogP contribution in [0, 0.1) is 0 Å². The smallest absolute Gasteiger partial charge is 0.270 e. The second-order valence-electron chi connectivity index (χ2n) is 6.05. The Balaban J connectivity index is 1.88. The van der Waals surface area contributed by atoms with Gasteiger partial charge in [-0.25, -0.2) is 0 Å². The van der Waals surface area contributed by atoms with Crippen LogP contribution in [-0.4, -0.2) is 29.8 Å². The number of hydrogen-bond donors (Lipinski definition) is 1. The number of rotatable bonds is 4. The highest BCUT2D eigenvalue weighted by Crippen LogP contribution is 2.21. The molecular formula is C20H18Cl2N2O2. The Bertz CT molecular complexity index is 844. The lowest BCUT2D eigenvalue weighted by atomic mass is 10.1. The minimum absolute atomic E-state index is 0.190. The number of carbonyl (C=O) groups is 2. The molecule has 0 spiro atoms. The van der Waals surface area contributed by atoms with E-state index >= 15 is 0 Å². The van der Waals surface area contributed by atoms with E-state index in [1.165, 1.54) is 6.07 Å². The molecule has 2 aromatic carbocycles. The van der Waals surface area contributed by atoms with E-state index in [0.29, 0.717) is 18.1 Å². The molecule has 134 valence electrons. The van der Waals surface area contributed by atoms with Gasteiger partial charge in [0.2, 0.25) is 0 Å². The van der Waals surface area contributed by atoms with E-state index in [1.807, 2.05) is 30.3 Å². The van der Waals surface area contributed by atoms with Crippen LogP contribution in [0.5, 0.6) is 0 Å². The van der Waals surface area contributed by atoms with Gasteiger partial charge < -0.3 is 10.2 Å². The number of nitrogens with one attached hydrogen (secondary N) is 1. The summed E-state index contributed by atoms with van der Waals surface area (Å²) in [6.45, 7) is 1.39. The summed E-state index contributed by atoms with van der Waals surface area (Å²) in [7, 11) is 0. The maximum atomic E-state index is 12.8. The molecule has 0 unspecified atom stereocenters. The van der Waals surface area contributed by atoms with Crippen LogP contribution in [-0.2, 0) is 4.79 Å². The fourth-order valence-corrected chi connectivity index (χ4v) is 3.32. The summed E-state index contributed by atoms with van der Waals surface area (Å²) in [5.74, 6) is -0.633. The van der Waals surface area contributed by atoms with Crippen molar-refractivity contribution in [3.05, 3.63) is 75.4 Å². The van der Waals surface area contributed by atoms with E-state index < -0.39 is 5.91 Å². The first-order valence-electron chi connectivity index (χ1n) is 8.37. The van der Waals surface area contributed by atoms with Gasteiger partial charge in [0.15, 0.2) is 0 Å². The third-order valence-corrected chi connectivity index (χ3v) is 4.71. The van der Waals surface area contributed by atoms with Crippen LogP contribution in [0.2, 0.25) is 10.0 Å². The average molecular weight is 389 g/mol. The van der Waals surface area contributed by atoms with Gasteiger partial charge in [-0.2, -0.15) is 0 Å². The first-order chi connectivity index (χ1) is 12.5. The van der Waals surface area contributed by atoms with E-state index in [9.17, 15) is 9.59 Å². The maximum absolute atomic E-state index is 12.8. The van der Waals surface area contributed by atoms with Gasteiger partial charge in [-0.15, -0.1) is 0 Å².